The highest BCUT2D eigenvalue weighted by atomic mass is 19.3. The van der Waals surface area contributed by atoms with E-state index in [1.54, 1.807) is 6.07 Å². The molecule has 1 nitrogen and oxygen atoms in total. The molecule has 51 heavy (non-hydrogen) atoms. The van der Waals surface area contributed by atoms with Crippen LogP contribution in [0.1, 0.15) is 120 Å². The molecule has 0 bridgehead atoms. The van der Waals surface area contributed by atoms with Crippen LogP contribution in [0, 0.1) is 35.0 Å². The number of benzene rings is 4. The Bertz CT molecular complexity index is 1700. The number of alkyl halides is 2. The zero-order chi connectivity index (χ0) is 36.5. The van der Waals surface area contributed by atoms with Gasteiger partial charge in [0, 0.05) is 23.3 Å². The van der Waals surface area contributed by atoms with E-state index in [2.05, 4.69) is 23.8 Å². The van der Waals surface area contributed by atoms with Crippen molar-refractivity contribution in [3.8, 4) is 28.0 Å². The van der Waals surface area contributed by atoms with Gasteiger partial charge in [0.1, 0.15) is 40.4 Å². The summed E-state index contributed by atoms with van der Waals surface area (Å²) in [5.41, 5.74) is 0.0787. The highest BCUT2D eigenvalue weighted by molar-refractivity contribution is 5.71. The Morgan fingerprint density at radius 1 is 0.588 bits per heavy atom. The van der Waals surface area contributed by atoms with Crippen molar-refractivity contribution in [3.63, 3.8) is 0 Å². The standard InChI is InChI=1S/C43H47F7O/c1-3-5-7-8-10-11-28-13-15-29(16-14-28)30-17-19-31(20-18-30)32-21-22-35(37(44)23-32)33-24-40(47)42(41(48)25-33)43(49,50)51-34-26-38(45)36(39(46)27-34)12-9-6-4-2/h17-29H,3-16H2,1-2H3. The molecule has 0 N–H and O–H groups in total. The van der Waals surface area contributed by atoms with Crippen LogP contribution in [-0.2, 0) is 12.5 Å². The highest BCUT2D eigenvalue weighted by Crippen LogP contribution is 2.40. The van der Waals surface area contributed by atoms with E-state index in [0.717, 1.165) is 37.2 Å². The van der Waals surface area contributed by atoms with E-state index in [1.165, 1.54) is 69.1 Å². The van der Waals surface area contributed by atoms with Gasteiger partial charge in [-0.3, -0.25) is 0 Å². The summed E-state index contributed by atoms with van der Waals surface area (Å²) >= 11 is 0. The molecule has 1 aliphatic rings. The Hall–Kier alpha value is -3.81. The van der Waals surface area contributed by atoms with Crippen molar-refractivity contribution in [1.82, 2.24) is 0 Å². The molecule has 1 fully saturated rings. The van der Waals surface area contributed by atoms with Crippen LogP contribution in [0.15, 0.2) is 66.7 Å². The molecule has 0 unspecified atom stereocenters. The maximum Gasteiger partial charge on any atom is 0.432 e. The lowest BCUT2D eigenvalue weighted by Gasteiger charge is -2.29. The van der Waals surface area contributed by atoms with E-state index in [-0.39, 0.29) is 23.1 Å². The Balaban J connectivity index is 1.24. The fraction of sp³-hybridized carbons (Fsp3) is 0.442. The SMILES string of the molecule is CCCCCCCC1CCC(c2ccc(-c3ccc(-c4cc(F)c(C(F)(F)Oc5cc(F)c(CCCCC)c(F)c5)c(F)c4)c(F)c3)cc2)CC1. The number of rotatable bonds is 16. The van der Waals surface area contributed by atoms with Crippen LogP contribution in [0.5, 0.6) is 5.75 Å². The Kier molecular flexibility index (Phi) is 13.3. The van der Waals surface area contributed by atoms with Gasteiger partial charge in [-0.15, -0.1) is 0 Å². The number of hydrogen-bond donors (Lipinski definition) is 0. The number of halogens is 7. The van der Waals surface area contributed by atoms with E-state index in [4.69, 9.17) is 0 Å². The minimum Gasteiger partial charge on any atom is -0.429 e. The first kappa shape index (κ1) is 38.4. The summed E-state index contributed by atoms with van der Waals surface area (Å²) in [5, 5.41) is 0. The third-order valence-electron chi connectivity index (χ3n) is 10.3. The zero-order valence-electron chi connectivity index (χ0n) is 29.5. The maximum absolute atomic E-state index is 15.4. The van der Waals surface area contributed by atoms with Crippen LogP contribution in [0.25, 0.3) is 22.3 Å². The molecule has 5 rings (SSSR count). The summed E-state index contributed by atoms with van der Waals surface area (Å²) in [6.07, 6.45) is 10.2. The molecule has 4 aromatic carbocycles. The topological polar surface area (TPSA) is 9.23 Å². The van der Waals surface area contributed by atoms with Gasteiger partial charge in [0.05, 0.1) is 0 Å². The van der Waals surface area contributed by atoms with E-state index < -0.39 is 46.5 Å². The third-order valence-corrected chi connectivity index (χ3v) is 10.3. The van der Waals surface area contributed by atoms with Crippen molar-refractivity contribution in [1.29, 1.82) is 0 Å². The largest absolute Gasteiger partial charge is 0.432 e. The molecule has 4 aromatic rings. The lowest BCUT2D eigenvalue weighted by molar-refractivity contribution is -0.189. The van der Waals surface area contributed by atoms with Crippen molar-refractivity contribution in [2.75, 3.05) is 0 Å². The molecule has 0 atom stereocenters. The molecule has 0 radical (unpaired) electrons. The predicted molar refractivity (Wildman–Crippen MR) is 189 cm³/mol. The lowest BCUT2D eigenvalue weighted by Crippen LogP contribution is -2.25. The smallest absolute Gasteiger partial charge is 0.429 e. The summed E-state index contributed by atoms with van der Waals surface area (Å²) < 4.78 is 109. The van der Waals surface area contributed by atoms with Crippen LogP contribution < -0.4 is 4.74 Å². The van der Waals surface area contributed by atoms with Crippen molar-refractivity contribution < 1.29 is 35.5 Å². The van der Waals surface area contributed by atoms with E-state index in [1.807, 2.05) is 19.1 Å². The second-order valence-corrected chi connectivity index (χ2v) is 14.0. The summed E-state index contributed by atoms with van der Waals surface area (Å²) in [7, 11) is 0. The van der Waals surface area contributed by atoms with E-state index in [0.29, 0.717) is 42.2 Å². The minimum atomic E-state index is -4.63. The molecule has 0 saturated heterocycles. The zero-order valence-corrected chi connectivity index (χ0v) is 29.5. The Morgan fingerprint density at radius 2 is 1.16 bits per heavy atom. The summed E-state index contributed by atoms with van der Waals surface area (Å²) in [6, 6.07) is 14.5. The second-order valence-electron chi connectivity index (χ2n) is 14.0. The van der Waals surface area contributed by atoms with Gasteiger partial charge in [-0.1, -0.05) is 102 Å². The first-order valence-corrected chi connectivity index (χ1v) is 18.4. The quantitative estimate of drug-likeness (QED) is 0.0830. The molecule has 8 heteroatoms. The van der Waals surface area contributed by atoms with Gasteiger partial charge < -0.3 is 4.74 Å². The van der Waals surface area contributed by atoms with Crippen LogP contribution >= 0.6 is 0 Å². The molecular weight excluding hydrogens is 665 g/mol. The predicted octanol–water partition coefficient (Wildman–Crippen LogP) is 14.2. The van der Waals surface area contributed by atoms with Crippen LogP contribution in [0.4, 0.5) is 30.7 Å². The Labute approximate surface area is 297 Å². The fourth-order valence-electron chi connectivity index (χ4n) is 7.33. The fourth-order valence-corrected chi connectivity index (χ4v) is 7.33. The highest BCUT2D eigenvalue weighted by Gasteiger charge is 2.41. The summed E-state index contributed by atoms with van der Waals surface area (Å²) in [6.45, 7) is 4.15. The molecular formula is C43H47F7O. The number of ether oxygens (including phenoxy) is 1. The van der Waals surface area contributed by atoms with Gasteiger partial charge in [0.25, 0.3) is 0 Å². The number of hydrogen-bond acceptors (Lipinski definition) is 1. The van der Waals surface area contributed by atoms with Gasteiger partial charge in [0.15, 0.2) is 0 Å². The van der Waals surface area contributed by atoms with Crippen molar-refractivity contribution in [2.24, 2.45) is 5.92 Å². The summed E-state index contributed by atoms with van der Waals surface area (Å²) in [4.78, 5) is 0. The van der Waals surface area contributed by atoms with E-state index >= 15 is 22.0 Å². The van der Waals surface area contributed by atoms with Gasteiger partial charge in [-0.25, -0.2) is 22.0 Å². The van der Waals surface area contributed by atoms with Gasteiger partial charge in [0.2, 0.25) is 0 Å². The molecule has 1 saturated carbocycles. The molecule has 274 valence electrons. The second kappa shape index (κ2) is 17.6. The lowest BCUT2D eigenvalue weighted by atomic mass is 9.77. The van der Waals surface area contributed by atoms with Crippen LogP contribution in [0.2, 0.25) is 0 Å². The molecule has 0 amide bonds. The minimum absolute atomic E-state index is 0.0664. The van der Waals surface area contributed by atoms with Crippen molar-refractivity contribution >= 4 is 0 Å². The molecule has 0 spiro atoms. The van der Waals surface area contributed by atoms with Crippen molar-refractivity contribution in [2.45, 2.75) is 116 Å². The molecule has 0 aromatic heterocycles. The normalized spacial score (nSPS) is 16.4. The van der Waals surface area contributed by atoms with Gasteiger partial charge >= 0.3 is 6.11 Å². The first-order valence-electron chi connectivity index (χ1n) is 18.4. The van der Waals surface area contributed by atoms with Crippen molar-refractivity contribution in [3.05, 3.63) is 113 Å². The molecule has 0 aliphatic heterocycles. The Morgan fingerprint density at radius 3 is 1.76 bits per heavy atom. The maximum atomic E-state index is 15.4. The van der Waals surface area contributed by atoms with Crippen LogP contribution in [-0.4, -0.2) is 0 Å². The van der Waals surface area contributed by atoms with E-state index in [9.17, 15) is 8.78 Å². The average molecular weight is 713 g/mol. The average Bonchev–Trinajstić information content (AvgIpc) is 3.09. The van der Waals surface area contributed by atoms with Gasteiger partial charge in [-0.05, 0) is 90.8 Å². The third kappa shape index (κ3) is 9.75. The van der Waals surface area contributed by atoms with Crippen LogP contribution in [0.3, 0.4) is 0 Å². The number of unbranched alkanes of at least 4 members (excludes halogenated alkanes) is 6. The first-order chi connectivity index (χ1) is 24.5. The monoisotopic (exact) mass is 712 g/mol. The molecule has 1 aliphatic carbocycles. The summed E-state index contributed by atoms with van der Waals surface area (Å²) in [5.74, 6) is -5.99. The molecule has 0 heterocycles. The van der Waals surface area contributed by atoms with Gasteiger partial charge in [-0.2, -0.15) is 8.78 Å².